The second-order valence-electron chi connectivity index (χ2n) is 5.11. The predicted molar refractivity (Wildman–Crippen MR) is 63.1 cm³/mol. The maximum absolute atomic E-state index is 11.5. The fourth-order valence-corrected chi connectivity index (χ4v) is 3.69. The number of hydrogen-bond acceptors (Lipinski definition) is 4. The lowest BCUT2D eigenvalue weighted by Crippen LogP contribution is -2.43. The molecule has 96 valence electrons. The summed E-state index contributed by atoms with van der Waals surface area (Å²) in [5.74, 6) is 0.0147. The van der Waals surface area contributed by atoms with Crippen LogP contribution in [-0.4, -0.2) is 44.3 Å². The van der Waals surface area contributed by atoms with E-state index in [0.29, 0.717) is 6.42 Å². The zero-order valence-corrected chi connectivity index (χ0v) is 11.1. The summed E-state index contributed by atoms with van der Waals surface area (Å²) in [6, 6.07) is 0. The van der Waals surface area contributed by atoms with Crippen molar-refractivity contribution in [2.75, 3.05) is 20.0 Å². The van der Waals surface area contributed by atoms with Gasteiger partial charge >= 0.3 is 0 Å². The molecule has 3 unspecified atom stereocenters. The van der Waals surface area contributed by atoms with E-state index in [-0.39, 0.29) is 17.8 Å². The Kier molecular flexibility index (Phi) is 4.37. The molecule has 5 heteroatoms. The second kappa shape index (κ2) is 5.02. The monoisotopic (exact) mass is 250 g/mol. The van der Waals surface area contributed by atoms with Gasteiger partial charge in [-0.25, -0.2) is 8.42 Å². The van der Waals surface area contributed by atoms with E-state index in [1.54, 1.807) is 14.0 Å². The predicted octanol–water partition coefficient (Wildman–Crippen LogP) is 0.987. The van der Waals surface area contributed by atoms with E-state index in [4.69, 9.17) is 4.74 Å². The van der Waals surface area contributed by atoms with E-state index >= 15 is 0 Å². The molecule has 0 spiro atoms. The molecule has 3 atom stereocenters. The molecule has 1 saturated carbocycles. The van der Waals surface area contributed by atoms with Crippen molar-refractivity contribution in [2.45, 2.75) is 43.5 Å². The van der Waals surface area contributed by atoms with Gasteiger partial charge in [0, 0.05) is 13.4 Å². The van der Waals surface area contributed by atoms with Gasteiger partial charge in [-0.05, 0) is 32.1 Å². The summed E-state index contributed by atoms with van der Waals surface area (Å²) in [5.41, 5.74) is -0.919. The van der Waals surface area contributed by atoms with Crippen molar-refractivity contribution in [1.82, 2.24) is 0 Å². The van der Waals surface area contributed by atoms with Gasteiger partial charge < -0.3 is 9.84 Å². The van der Waals surface area contributed by atoms with Gasteiger partial charge in [-0.1, -0.05) is 6.42 Å². The van der Waals surface area contributed by atoms with Crippen LogP contribution in [0.2, 0.25) is 0 Å². The van der Waals surface area contributed by atoms with E-state index in [1.165, 1.54) is 6.26 Å². The first kappa shape index (κ1) is 13.9. The van der Waals surface area contributed by atoms with Crippen LogP contribution in [0.5, 0.6) is 0 Å². The molecule has 4 nitrogen and oxygen atoms in total. The molecule has 0 aliphatic heterocycles. The molecular formula is C11H22O4S. The fraction of sp³-hybridized carbons (Fsp3) is 1.00. The molecule has 1 N–H and O–H groups in total. The van der Waals surface area contributed by atoms with Crippen LogP contribution < -0.4 is 0 Å². The third-order valence-corrected chi connectivity index (χ3v) is 5.19. The summed E-state index contributed by atoms with van der Waals surface area (Å²) < 4.78 is 28.0. The average molecular weight is 250 g/mol. The second-order valence-corrected chi connectivity index (χ2v) is 7.43. The SMILES string of the molecule is COCC(C)(O)C1CCCC(S(C)(=O)=O)C1. The summed E-state index contributed by atoms with van der Waals surface area (Å²) in [6.07, 6.45) is 4.29. The number of rotatable bonds is 4. The Bertz CT molecular complexity index is 321. The quantitative estimate of drug-likeness (QED) is 0.808. The molecule has 1 fully saturated rings. The molecule has 1 rings (SSSR count). The van der Waals surface area contributed by atoms with Crippen LogP contribution in [0.3, 0.4) is 0 Å². The number of aliphatic hydroxyl groups is 1. The first-order valence-corrected chi connectivity index (χ1v) is 7.63. The Morgan fingerprint density at radius 3 is 2.56 bits per heavy atom. The molecule has 0 bridgehead atoms. The van der Waals surface area contributed by atoms with Gasteiger partial charge in [0.15, 0.2) is 0 Å². The van der Waals surface area contributed by atoms with Crippen molar-refractivity contribution < 1.29 is 18.3 Å². The van der Waals surface area contributed by atoms with E-state index in [9.17, 15) is 13.5 Å². The first-order chi connectivity index (χ1) is 7.27. The van der Waals surface area contributed by atoms with Crippen molar-refractivity contribution in [2.24, 2.45) is 5.92 Å². The van der Waals surface area contributed by atoms with Crippen LogP contribution >= 0.6 is 0 Å². The maximum Gasteiger partial charge on any atom is 0.150 e. The Morgan fingerprint density at radius 1 is 1.44 bits per heavy atom. The zero-order valence-electron chi connectivity index (χ0n) is 10.3. The molecular weight excluding hydrogens is 228 g/mol. The maximum atomic E-state index is 11.5. The smallest absolute Gasteiger partial charge is 0.150 e. The lowest BCUT2D eigenvalue weighted by Gasteiger charge is -2.37. The Hall–Kier alpha value is -0.130. The number of sulfone groups is 1. The van der Waals surface area contributed by atoms with Crippen LogP contribution in [0.1, 0.15) is 32.6 Å². The summed E-state index contributed by atoms with van der Waals surface area (Å²) >= 11 is 0. The highest BCUT2D eigenvalue weighted by atomic mass is 32.2. The Labute approximate surface area is 97.9 Å². The summed E-state index contributed by atoms with van der Waals surface area (Å²) in [5, 5.41) is 9.91. The van der Waals surface area contributed by atoms with E-state index in [0.717, 1.165) is 19.3 Å². The Morgan fingerprint density at radius 2 is 2.06 bits per heavy atom. The highest BCUT2D eigenvalue weighted by molar-refractivity contribution is 7.91. The topological polar surface area (TPSA) is 63.6 Å². The van der Waals surface area contributed by atoms with Crippen molar-refractivity contribution in [3.8, 4) is 0 Å². The van der Waals surface area contributed by atoms with Crippen molar-refractivity contribution in [1.29, 1.82) is 0 Å². The van der Waals surface area contributed by atoms with E-state index in [1.807, 2.05) is 0 Å². The minimum atomic E-state index is -2.99. The average Bonchev–Trinajstić information content (AvgIpc) is 2.16. The van der Waals surface area contributed by atoms with Gasteiger partial charge in [0.25, 0.3) is 0 Å². The highest BCUT2D eigenvalue weighted by Crippen LogP contribution is 2.35. The van der Waals surface area contributed by atoms with Crippen LogP contribution in [0, 0.1) is 5.92 Å². The third-order valence-electron chi connectivity index (χ3n) is 3.55. The lowest BCUT2D eigenvalue weighted by atomic mass is 9.78. The Balaban J connectivity index is 2.71. The molecule has 0 aromatic carbocycles. The fourth-order valence-electron chi connectivity index (χ4n) is 2.51. The summed E-state index contributed by atoms with van der Waals surface area (Å²) in [6.45, 7) is 1.99. The molecule has 0 amide bonds. The van der Waals surface area contributed by atoms with Crippen LogP contribution in [0.15, 0.2) is 0 Å². The van der Waals surface area contributed by atoms with Crippen LogP contribution in [-0.2, 0) is 14.6 Å². The molecule has 0 aromatic heterocycles. The third kappa shape index (κ3) is 3.43. The molecule has 0 radical (unpaired) electrons. The highest BCUT2D eigenvalue weighted by Gasteiger charge is 2.38. The van der Waals surface area contributed by atoms with Gasteiger partial charge in [-0.3, -0.25) is 0 Å². The molecule has 0 aromatic rings. The van der Waals surface area contributed by atoms with Gasteiger partial charge in [-0.15, -0.1) is 0 Å². The molecule has 16 heavy (non-hydrogen) atoms. The zero-order chi connectivity index (χ0) is 12.4. The summed E-state index contributed by atoms with van der Waals surface area (Å²) in [7, 11) is -1.44. The number of hydrogen-bond donors (Lipinski definition) is 1. The molecule has 1 aliphatic rings. The minimum Gasteiger partial charge on any atom is -0.387 e. The number of methoxy groups -OCH3 is 1. The van der Waals surface area contributed by atoms with Gasteiger partial charge in [0.2, 0.25) is 0 Å². The van der Waals surface area contributed by atoms with Crippen molar-refractivity contribution in [3.63, 3.8) is 0 Å². The molecule has 0 heterocycles. The lowest BCUT2D eigenvalue weighted by molar-refractivity contribution is -0.0693. The van der Waals surface area contributed by atoms with Gasteiger partial charge in [0.05, 0.1) is 17.5 Å². The van der Waals surface area contributed by atoms with E-state index < -0.39 is 15.4 Å². The van der Waals surface area contributed by atoms with Gasteiger partial charge in [-0.2, -0.15) is 0 Å². The van der Waals surface area contributed by atoms with Crippen molar-refractivity contribution in [3.05, 3.63) is 0 Å². The molecule has 0 saturated heterocycles. The van der Waals surface area contributed by atoms with Crippen LogP contribution in [0.4, 0.5) is 0 Å². The standard InChI is InChI=1S/C11H22O4S/c1-11(12,8-15-2)9-5-4-6-10(7-9)16(3,13)14/h9-10,12H,4-8H2,1-3H3. The minimum absolute atomic E-state index is 0.0147. The molecule has 1 aliphatic carbocycles. The normalized spacial score (nSPS) is 31.0. The first-order valence-electron chi connectivity index (χ1n) is 5.67. The summed E-state index contributed by atoms with van der Waals surface area (Å²) in [4.78, 5) is 0. The van der Waals surface area contributed by atoms with E-state index in [2.05, 4.69) is 0 Å². The number of ether oxygens (including phenoxy) is 1. The van der Waals surface area contributed by atoms with Crippen LogP contribution in [0.25, 0.3) is 0 Å². The van der Waals surface area contributed by atoms with Gasteiger partial charge in [0.1, 0.15) is 9.84 Å². The largest absolute Gasteiger partial charge is 0.387 e. The van der Waals surface area contributed by atoms with Crippen molar-refractivity contribution >= 4 is 9.84 Å².